The largest absolute Gasteiger partial charge is 0.334 e. The van der Waals surface area contributed by atoms with Crippen LogP contribution in [0, 0.1) is 6.92 Å². The van der Waals surface area contributed by atoms with Crippen molar-refractivity contribution in [1.82, 2.24) is 29.3 Å². The lowest BCUT2D eigenvalue weighted by molar-refractivity contribution is -0.133. The number of hydrogen-bond acceptors (Lipinski definition) is 5. The molecule has 1 aromatic carbocycles. The molecule has 2 unspecified atom stereocenters. The van der Waals surface area contributed by atoms with Crippen LogP contribution in [0.2, 0.25) is 0 Å². The van der Waals surface area contributed by atoms with E-state index in [1.54, 1.807) is 20.0 Å². The predicted molar refractivity (Wildman–Crippen MR) is 120 cm³/mol. The summed E-state index contributed by atoms with van der Waals surface area (Å²) in [5.74, 6) is -0.585. The lowest BCUT2D eigenvalue weighted by Gasteiger charge is -2.27. The summed E-state index contributed by atoms with van der Waals surface area (Å²) in [6.45, 7) is 4.23. The molecule has 1 saturated heterocycles. The number of nitrogens with one attached hydrogen (secondary N) is 1. The van der Waals surface area contributed by atoms with E-state index in [-0.39, 0.29) is 23.1 Å². The molecule has 32 heavy (non-hydrogen) atoms. The summed E-state index contributed by atoms with van der Waals surface area (Å²) in [5, 5.41) is 8.82. The first-order chi connectivity index (χ1) is 15.3. The van der Waals surface area contributed by atoms with E-state index in [0.717, 1.165) is 18.5 Å². The average molecular weight is 432 g/mol. The summed E-state index contributed by atoms with van der Waals surface area (Å²) in [4.78, 5) is 44.6. The van der Waals surface area contributed by atoms with Gasteiger partial charge in [-0.25, -0.2) is 14.2 Å². The summed E-state index contributed by atoms with van der Waals surface area (Å²) in [6.07, 6.45) is 1.65. The standard InChI is InChI=1S/C23H24N6O3/c1-13-11-20(30)29-19(24-13)12-17(25-29)18-9-6-10-28(18)22(31)14(2)21-15-7-4-5-8-16(15)23(32)27(3)26-21/h4-5,7-8,11-12,14,18,25H,6,9-10H2,1-3H3. The van der Waals surface area contributed by atoms with Gasteiger partial charge in [0.1, 0.15) is 0 Å². The molecule has 1 N–H and O–H groups in total. The maximum atomic E-state index is 13.6. The Morgan fingerprint density at radius 1 is 1.19 bits per heavy atom. The van der Waals surface area contributed by atoms with E-state index in [9.17, 15) is 14.4 Å². The molecule has 0 radical (unpaired) electrons. The molecule has 1 fully saturated rings. The van der Waals surface area contributed by atoms with E-state index in [4.69, 9.17) is 0 Å². The first-order valence-corrected chi connectivity index (χ1v) is 10.7. The highest BCUT2D eigenvalue weighted by molar-refractivity contribution is 5.91. The predicted octanol–water partition coefficient (Wildman–Crippen LogP) is 2.05. The van der Waals surface area contributed by atoms with Crippen molar-refractivity contribution in [3.8, 4) is 0 Å². The summed E-state index contributed by atoms with van der Waals surface area (Å²) in [5.41, 5.74) is 2.21. The third-order valence-electron chi connectivity index (χ3n) is 6.26. The van der Waals surface area contributed by atoms with Crippen molar-refractivity contribution in [3.63, 3.8) is 0 Å². The van der Waals surface area contributed by atoms with Crippen molar-refractivity contribution in [2.45, 2.75) is 38.6 Å². The van der Waals surface area contributed by atoms with E-state index in [0.29, 0.717) is 34.4 Å². The van der Waals surface area contributed by atoms with Crippen molar-refractivity contribution in [1.29, 1.82) is 0 Å². The molecule has 0 bridgehead atoms. The van der Waals surface area contributed by atoms with Crippen LogP contribution in [-0.2, 0) is 11.8 Å². The summed E-state index contributed by atoms with van der Waals surface area (Å²) < 4.78 is 2.70. The van der Waals surface area contributed by atoms with E-state index in [1.807, 2.05) is 36.1 Å². The Labute approximate surface area is 183 Å². The van der Waals surface area contributed by atoms with E-state index in [1.165, 1.54) is 15.3 Å². The van der Waals surface area contributed by atoms with Crippen LogP contribution >= 0.6 is 0 Å². The second-order valence-corrected chi connectivity index (χ2v) is 8.41. The molecule has 1 aliphatic rings. The Hall–Kier alpha value is -3.75. The van der Waals surface area contributed by atoms with Crippen LogP contribution in [0.15, 0.2) is 46.0 Å². The average Bonchev–Trinajstić information content (AvgIpc) is 3.42. The van der Waals surface area contributed by atoms with Crippen molar-refractivity contribution in [3.05, 3.63) is 74.2 Å². The minimum atomic E-state index is -0.528. The van der Waals surface area contributed by atoms with Crippen molar-refractivity contribution >= 4 is 22.3 Å². The minimum Gasteiger partial charge on any atom is -0.334 e. The number of carbonyl (C=O) groups excluding carboxylic acids is 1. The number of H-pyrrole nitrogens is 1. The first kappa shape index (κ1) is 20.2. The molecule has 2 atom stereocenters. The van der Waals surface area contributed by atoms with Gasteiger partial charge in [0, 0.05) is 36.8 Å². The third-order valence-corrected chi connectivity index (χ3v) is 6.26. The zero-order valence-electron chi connectivity index (χ0n) is 18.2. The lowest BCUT2D eigenvalue weighted by atomic mass is 9.99. The summed E-state index contributed by atoms with van der Waals surface area (Å²) in [6, 6.07) is 10.4. The smallest absolute Gasteiger partial charge is 0.274 e. The van der Waals surface area contributed by atoms with Crippen LogP contribution in [0.5, 0.6) is 0 Å². The second kappa shape index (κ2) is 7.44. The SMILES string of the molecule is Cc1cc(=O)n2[nH]c(C3CCCN3C(=O)C(C)c3nn(C)c(=O)c4ccccc34)cc2n1. The van der Waals surface area contributed by atoms with Crippen LogP contribution in [-0.4, -0.2) is 41.7 Å². The number of rotatable bonds is 3. The van der Waals surface area contributed by atoms with Crippen LogP contribution < -0.4 is 11.1 Å². The molecule has 1 aliphatic heterocycles. The summed E-state index contributed by atoms with van der Waals surface area (Å²) in [7, 11) is 1.60. The van der Waals surface area contributed by atoms with Gasteiger partial charge < -0.3 is 4.90 Å². The van der Waals surface area contributed by atoms with E-state index >= 15 is 0 Å². The normalized spacial score (nSPS) is 17.3. The van der Waals surface area contributed by atoms with Crippen LogP contribution in [0.4, 0.5) is 0 Å². The number of fused-ring (bicyclic) bond motifs is 2. The Bertz CT molecular complexity index is 1480. The second-order valence-electron chi connectivity index (χ2n) is 8.41. The monoisotopic (exact) mass is 432 g/mol. The molecule has 0 aliphatic carbocycles. The van der Waals surface area contributed by atoms with Gasteiger partial charge in [0.25, 0.3) is 11.1 Å². The molecule has 9 heteroatoms. The van der Waals surface area contributed by atoms with Crippen molar-refractivity contribution in [2.24, 2.45) is 7.05 Å². The fourth-order valence-electron chi connectivity index (χ4n) is 4.67. The quantitative estimate of drug-likeness (QED) is 0.533. The topological polar surface area (TPSA) is 105 Å². The molecule has 5 rings (SSSR count). The number of amides is 1. The molecule has 164 valence electrons. The molecule has 3 aromatic heterocycles. The Morgan fingerprint density at radius 3 is 2.72 bits per heavy atom. The van der Waals surface area contributed by atoms with Gasteiger partial charge >= 0.3 is 0 Å². The highest BCUT2D eigenvalue weighted by Crippen LogP contribution is 2.34. The summed E-state index contributed by atoms with van der Waals surface area (Å²) >= 11 is 0. The number of carbonyl (C=O) groups is 1. The number of aromatic nitrogens is 5. The highest BCUT2D eigenvalue weighted by Gasteiger charge is 2.35. The highest BCUT2D eigenvalue weighted by atomic mass is 16.2. The Kier molecular flexibility index (Phi) is 4.69. The Balaban J connectivity index is 1.53. The zero-order valence-corrected chi connectivity index (χ0v) is 18.2. The zero-order chi connectivity index (χ0) is 22.6. The Morgan fingerprint density at radius 2 is 1.94 bits per heavy atom. The molecule has 4 heterocycles. The molecular weight excluding hydrogens is 408 g/mol. The fraction of sp³-hybridized carbons (Fsp3) is 0.348. The van der Waals surface area contributed by atoms with E-state index in [2.05, 4.69) is 15.2 Å². The number of likely N-dealkylation sites (tertiary alicyclic amines) is 1. The fourth-order valence-corrected chi connectivity index (χ4v) is 4.67. The van der Waals surface area contributed by atoms with E-state index < -0.39 is 5.92 Å². The van der Waals surface area contributed by atoms with Gasteiger partial charge in [0.2, 0.25) is 5.91 Å². The molecule has 0 spiro atoms. The number of aryl methyl sites for hydroxylation is 2. The lowest BCUT2D eigenvalue weighted by Crippen LogP contribution is -2.35. The third kappa shape index (κ3) is 3.12. The van der Waals surface area contributed by atoms with Gasteiger partial charge in [-0.15, -0.1) is 0 Å². The van der Waals surface area contributed by atoms with Crippen LogP contribution in [0.1, 0.15) is 48.8 Å². The number of aromatic amines is 1. The maximum Gasteiger partial charge on any atom is 0.274 e. The first-order valence-electron chi connectivity index (χ1n) is 10.7. The maximum absolute atomic E-state index is 13.6. The minimum absolute atomic E-state index is 0.0565. The van der Waals surface area contributed by atoms with Crippen LogP contribution in [0.3, 0.4) is 0 Å². The number of benzene rings is 1. The molecule has 0 saturated carbocycles. The molecule has 9 nitrogen and oxygen atoms in total. The van der Waals surface area contributed by atoms with Crippen molar-refractivity contribution in [2.75, 3.05) is 6.54 Å². The molecule has 1 amide bonds. The van der Waals surface area contributed by atoms with Gasteiger partial charge in [0.05, 0.1) is 28.7 Å². The van der Waals surface area contributed by atoms with Gasteiger partial charge in [-0.2, -0.15) is 5.10 Å². The van der Waals surface area contributed by atoms with Crippen molar-refractivity contribution < 1.29 is 4.79 Å². The number of hydrogen-bond donors (Lipinski definition) is 1. The molecular formula is C23H24N6O3. The van der Waals surface area contributed by atoms with Gasteiger partial charge in [-0.05, 0) is 32.8 Å². The van der Waals surface area contributed by atoms with Gasteiger partial charge in [0.15, 0.2) is 5.65 Å². The van der Waals surface area contributed by atoms with Crippen LogP contribution in [0.25, 0.3) is 16.4 Å². The van der Waals surface area contributed by atoms with Gasteiger partial charge in [-0.1, -0.05) is 18.2 Å². The number of nitrogens with zero attached hydrogens (tertiary/aromatic N) is 5. The molecule has 4 aromatic rings. The van der Waals surface area contributed by atoms with Gasteiger partial charge in [-0.3, -0.25) is 19.5 Å².